The van der Waals surface area contributed by atoms with Gasteiger partial charge in [-0.05, 0) is 38.1 Å². The van der Waals surface area contributed by atoms with Crippen LogP contribution in [0.25, 0.3) is 5.78 Å². The van der Waals surface area contributed by atoms with Crippen molar-refractivity contribution in [2.75, 3.05) is 11.5 Å². The first-order valence-corrected chi connectivity index (χ1v) is 10.7. The zero-order valence-corrected chi connectivity index (χ0v) is 16.5. The lowest BCUT2D eigenvalue weighted by atomic mass is 10.4. The summed E-state index contributed by atoms with van der Waals surface area (Å²) in [4.78, 5) is 8.67. The van der Waals surface area contributed by atoms with Crippen LogP contribution < -0.4 is 0 Å². The van der Waals surface area contributed by atoms with E-state index in [4.69, 9.17) is 23.2 Å². The maximum Gasteiger partial charge on any atom is 0.253 e. The number of hydrogen-bond acceptors (Lipinski definition) is 6. The maximum atomic E-state index is 12.5. The van der Waals surface area contributed by atoms with Crippen molar-refractivity contribution in [3.63, 3.8) is 0 Å². The molecule has 3 aromatic rings. The molecule has 2 aromatic heterocycles. The normalized spacial score (nSPS) is 12.0. The molecule has 0 amide bonds. The van der Waals surface area contributed by atoms with Crippen molar-refractivity contribution in [3.05, 3.63) is 45.7 Å². The topological polar surface area (TPSA) is 77.2 Å². The molecule has 1 aromatic carbocycles. The third-order valence-corrected chi connectivity index (χ3v) is 6.93. The highest BCUT2D eigenvalue weighted by molar-refractivity contribution is 8.00. The molecular formula is C15H14Cl2N4O2S2. The van der Waals surface area contributed by atoms with Crippen LogP contribution in [0.1, 0.15) is 11.4 Å². The Morgan fingerprint density at radius 3 is 2.68 bits per heavy atom. The Kier molecular flexibility index (Phi) is 5.24. The second kappa shape index (κ2) is 7.11. The summed E-state index contributed by atoms with van der Waals surface area (Å²) >= 11 is 13.1. The van der Waals surface area contributed by atoms with Gasteiger partial charge in [0, 0.05) is 22.2 Å². The van der Waals surface area contributed by atoms with Gasteiger partial charge in [-0.25, -0.2) is 17.9 Å². The molecule has 132 valence electrons. The second-order valence-corrected chi connectivity index (χ2v) is 9.37. The van der Waals surface area contributed by atoms with E-state index in [0.717, 1.165) is 11.4 Å². The lowest BCUT2D eigenvalue weighted by Gasteiger charge is -2.06. The molecule has 2 heterocycles. The lowest BCUT2D eigenvalue weighted by molar-refractivity contribution is 0.597. The number of sulfone groups is 1. The Morgan fingerprint density at radius 1 is 1.16 bits per heavy atom. The number of fused-ring (bicyclic) bond motifs is 1. The number of aryl methyl sites for hydroxylation is 2. The SMILES string of the molecule is Cc1cc(C)n2nc(SCCS(=O)(=O)c3cc(Cl)ccc3Cl)nc2n1. The Bertz CT molecular complexity index is 1050. The minimum atomic E-state index is -3.54. The molecule has 0 bridgehead atoms. The maximum absolute atomic E-state index is 12.5. The van der Waals surface area contributed by atoms with Gasteiger partial charge in [0.2, 0.25) is 5.16 Å². The van der Waals surface area contributed by atoms with E-state index in [2.05, 4.69) is 15.1 Å². The fourth-order valence-electron chi connectivity index (χ4n) is 2.28. The Labute approximate surface area is 159 Å². The zero-order valence-electron chi connectivity index (χ0n) is 13.4. The fraction of sp³-hybridized carbons (Fsp3) is 0.267. The minimum absolute atomic E-state index is 0.0402. The van der Waals surface area contributed by atoms with Gasteiger partial charge in [0.1, 0.15) is 0 Å². The summed E-state index contributed by atoms with van der Waals surface area (Å²) in [5, 5.41) is 5.31. The molecule has 0 spiro atoms. The van der Waals surface area contributed by atoms with Crippen molar-refractivity contribution < 1.29 is 8.42 Å². The van der Waals surface area contributed by atoms with Crippen LogP contribution in [0.4, 0.5) is 0 Å². The average molecular weight is 417 g/mol. The third kappa shape index (κ3) is 4.08. The number of benzene rings is 1. The first-order valence-electron chi connectivity index (χ1n) is 7.28. The zero-order chi connectivity index (χ0) is 18.2. The van der Waals surface area contributed by atoms with Gasteiger partial charge in [0.05, 0.1) is 15.7 Å². The quantitative estimate of drug-likeness (QED) is 0.591. The smallest absolute Gasteiger partial charge is 0.224 e. The van der Waals surface area contributed by atoms with Gasteiger partial charge < -0.3 is 0 Å². The molecule has 0 radical (unpaired) electrons. The predicted octanol–water partition coefficient (Wildman–Crippen LogP) is 3.61. The summed E-state index contributed by atoms with van der Waals surface area (Å²) in [5.74, 6) is 0.694. The molecular weight excluding hydrogens is 403 g/mol. The molecule has 0 atom stereocenters. The molecule has 10 heteroatoms. The Morgan fingerprint density at radius 2 is 1.92 bits per heavy atom. The van der Waals surface area contributed by atoms with Gasteiger partial charge in [0.25, 0.3) is 5.78 Å². The van der Waals surface area contributed by atoms with Gasteiger partial charge in [-0.15, -0.1) is 5.10 Å². The van der Waals surface area contributed by atoms with Gasteiger partial charge >= 0.3 is 0 Å². The molecule has 0 fully saturated rings. The van der Waals surface area contributed by atoms with Crippen LogP contribution in [-0.2, 0) is 9.84 Å². The Hall–Kier alpha value is -1.35. The third-order valence-electron chi connectivity index (χ3n) is 3.41. The standard InChI is InChI=1S/C15H14Cl2N4O2S2/c1-9-7-10(2)21-14(18-9)19-15(20-21)24-5-6-25(22,23)13-8-11(16)3-4-12(13)17/h3-4,7-8H,5-6H2,1-2H3. The van der Waals surface area contributed by atoms with E-state index in [1.807, 2.05) is 19.9 Å². The van der Waals surface area contributed by atoms with Crippen molar-refractivity contribution >= 4 is 50.6 Å². The first kappa shape index (κ1) is 18.4. The highest BCUT2D eigenvalue weighted by Gasteiger charge is 2.19. The Balaban J connectivity index is 1.74. The van der Waals surface area contributed by atoms with Crippen molar-refractivity contribution in [1.82, 2.24) is 19.6 Å². The van der Waals surface area contributed by atoms with Crippen LogP contribution in [-0.4, -0.2) is 39.5 Å². The molecule has 0 aliphatic carbocycles. The van der Waals surface area contributed by atoms with E-state index >= 15 is 0 Å². The molecule has 0 unspecified atom stereocenters. The molecule has 0 aliphatic heterocycles. The molecule has 0 saturated carbocycles. The molecule has 0 aliphatic rings. The monoisotopic (exact) mass is 416 g/mol. The molecule has 3 rings (SSSR count). The van der Waals surface area contributed by atoms with E-state index in [9.17, 15) is 8.42 Å². The average Bonchev–Trinajstić information content (AvgIpc) is 2.92. The number of halogens is 2. The van der Waals surface area contributed by atoms with E-state index in [1.165, 1.54) is 23.9 Å². The molecule has 0 saturated heterocycles. The number of rotatable bonds is 5. The number of aromatic nitrogens is 4. The summed E-state index contributed by atoms with van der Waals surface area (Å²) < 4.78 is 26.5. The minimum Gasteiger partial charge on any atom is -0.224 e. The summed E-state index contributed by atoms with van der Waals surface area (Å²) in [5.41, 5.74) is 1.77. The first-order chi connectivity index (χ1) is 11.8. The highest BCUT2D eigenvalue weighted by atomic mass is 35.5. The summed E-state index contributed by atoms with van der Waals surface area (Å²) in [6.07, 6.45) is 0. The second-order valence-electron chi connectivity index (χ2n) is 5.39. The van der Waals surface area contributed by atoms with E-state index in [0.29, 0.717) is 21.7 Å². The fourth-order valence-corrected chi connectivity index (χ4v) is 5.55. The molecule has 25 heavy (non-hydrogen) atoms. The largest absolute Gasteiger partial charge is 0.253 e. The molecule has 0 N–H and O–H groups in total. The number of nitrogens with zero attached hydrogens (tertiary/aromatic N) is 4. The van der Waals surface area contributed by atoms with Crippen LogP contribution in [0.3, 0.4) is 0 Å². The van der Waals surface area contributed by atoms with Gasteiger partial charge in [0.15, 0.2) is 9.84 Å². The van der Waals surface area contributed by atoms with E-state index < -0.39 is 9.84 Å². The van der Waals surface area contributed by atoms with E-state index in [1.54, 1.807) is 10.6 Å². The van der Waals surface area contributed by atoms with Crippen LogP contribution in [0.15, 0.2) is 34.3 Å². The van der Waals surface area contributed by atoms with Crippen molar-refractivity contribution in [2.24, 2.45) is 0 Å². The van der Waals surface area contributed by atoms with Crippen LogP contribution in [0.2, 0.25) is 10.0 Å². The van der Waals surface area contributed by atoms with Crippen molar-refractivity contribution in [1.29, 1.82) is 0 Å². The molecule has 6 nitrogen and oxygen atoms in total. The van der Waals surface area contributed by atoms with Gasteiger partial charge in [-0.1, -0.05) is 35.0 Å². The number of thioether (sulfide) groups is 1. The van der Waals surface area contributed by atoms with Crippen LogP contribution in [0, 0.1) is 13.8 Å². The van der Waals surface area contributed by atoms with Crippen LogP contribution >= 0.6 is 35.0 Å². The summed E-state index contributed by atoms with van der Waals surface area (Å²) in [6.45, 7) is 3.80. The predicted molar refractivity (Wildman–Crippen MR) is 99.5 cm³/mol. The van der Waals surface area contributed by atoms with Gasteiger partial charge in [-0.2, -0.15) is 4.98 Å². The number of hydrogen-bond donors (Lipinski definition) is 0. The van der Waals surface area contributed by atoms with Crippen LogP contribution in [0.5, 0.6) is 0 Å². The summed E-state index contributed by atoms with van der Waals surface area (Å²) in [7, 11) is -3.54. The van der Waals surface area contributed by atoms with E-state index in [-0.39, 0.29) is 15.7 Å². The van der Waals surface area contributed by atoms with Crippen molar-refractivity contribution in [2.45, 2.75) is 23.9 Å². The van der Waals surface area contributed by atoms with Crippen molar-refractivity contribution in [3.8, 4) is 0 Å². The highest BCUT2D eigenvalue weighted by Crippen LogP contribution is 2.27. The van der Waals surface area contributed by atoms with Gasteiger partial charge in [-0.3, -0.25) is 0 Å². The summed E-state index contributed by atoms with van der Waals surface area (Å²) in [6, 6.07) is 6.30. The lowest BCUT2D eigenvalue weighted by Crippen LogP contribution is -2.09.